The van der Waals surface area contributed by atoms with Crippen LogP contribution < -0.4 is 5.32 Å². The van der Waals surface area contributed by atoms with Crippen LogP contribution in [0.2, 0.25) is 0 Å². The van der Waals surface area contributed by atoms with Gasteiger partial charge in [-0.2, -0.15) is 0 Å². The Morgan fingerprint density at radius 3 is 1.48 bits per heavy atom. The highest BCUT2D eigenvalue weighted by atomic mass is 15.0. The second kappa shape index (κ2) is 11.1. The Labute approximate surface area is 257 Å². The van der Waals surface area contributed by atoms with Crippen molar-refractivity contribution in [3.8, 4) is 39.1 Å². The first-order valence-electron chi connectivity index (χ1n) is 15.0. The molecule has 1 heterocycles. The van der Waals surface area contributed by atoms with Gasteiger partial charge in [0.15, 0.2) is 0 Å². The van der Waals surface area contributed by atoms with E-state index in [1.807, 2.05) is 6.07 Å². The lowest BCUT2D eigenvalue weighted by Gasteiger charge is -2.16. The number of nitrogens with zero attached hydrogens (tertiary/aromatic N) is 1. The lowest BCUT2D eigenvalue weighted by Crippen LogP contribution is -1.95. The van der Waals surface area contributed by atoms with E-state index in [4.69, 9.17) is 0 Å². The molecule has 0 spiro atoms. The van der Waals surface area contributed by atoms with Crippen LogP contribution in [0.3, 0.4) is 0 Å². The van der Waals surface area contributed by atoms with Gasteiger partial charge in [0.05, 0.1) is 11.0 Å². The highest BCUT2D eigenvalue weighted by Gasteiger charge is 2.13. The van der Waals surface area contributed by atoms with Crippen molar-refractivity contribution in [1.82, 2.24) is 4.57 Å². The van der Waals surface area contributed by atoms with Gasteiger partial charge in [-0.15, -0.1) is 0 Å². The van der Waals surface area contributed by atoms with Crippen LogP contribution in [-0.4, -0.2) is 4.57 Å². The molecule has 8 aromatic rings. The first kappa shape index (κ1) is 25.8. The van der Waals surface area contributed by atoms with Crippen LogP contribution in [0.1, 0.15) is 0 Å². The zero-order chi connectivity index (χ0) is 29.3. The highest BCUT2D eigenvalue weighted by molar-refractivity contribution is 6.09. The zero-order valence-corrected chi connectivity index (χ0v) is 24.2. The summed E-state index contributed by atoms with van der Waals surface area (Å²) in [4.78, 5) is 0. The standard InChI is InChI=1S/C42H30N2/c1-3-11-30(12-4-1)31-19-24-35(25-20-31)43-40-28-23-34(29-39(40)33-13-5-2-6-14-33)32-21-26-36(27-22-32)44-41-17-9-7-15-37(41)38-16-8-10-18-42(38)44/h1-29,43H. The minimum absolute atomic E-state index is 1.06. The van der Waals surface area contributed by atoms with Crippen molar-refractivity contribution >= 4 is 33.2 Å². The predicted molar refractivity (Wildman–Crippen MR) is 187 cm³/mol. The van der Waals surface area contributed by atoms with E-state index in [0.29, 0.717) is 0 Å². The van der Waals surface area contributed by atoms with Gasteiger partial charge in [-0.1, -0.05) is 127 Å². The van der Waals surface area contributed by atoms with Gasteiger partial charge in [-0.05, 0) is 76.3 Å². The Balaban J connectivity index is 1.14. The summed E-state index contributed by atoms with van der Waals surface area (Å²) in [5.74, 6) is 0. The van der Waals surface area contributed by atoms with Crippen LogP contribution >= 0.6 is 0 Å². The van der Waals surface area contributed by atoms with E-state index in [1.165, 1.54) is 55.2 Å². The molecular formula is C42H30N2. The Morgan fingerprint density at radius 2 is 0.841 bits per heavy atom. The van der Waals surface area contributed by atoms with Gasteiger partial charge < -0.3 is 9.88 Å². The summed E-state index contributed by atoms with van der Waals surface area (Å²) in [6.45, 7) is 0. The summed E-state index contributed by atoms with van der Waals surface area (Å²) < 4.78 is 2.36. The van der Waals surface area contributed by atoms with Crippen LogP contribution in [0.25, 0.3) is 60.9 Å². The molecule has 1 N–H and O–H groups in total. The second-order valence-corrected chi connectivity index (χ2v) is 11.1. The lowest BCUT2D eigenvalue weighted by atomic mass is 9.97. The molecule has 0 radical (unpaired) electrons. The number of aromatic nitrogens is 1. The molecule has 7 aromatic carbocycles. The van der Waals surface area contributed by atoms with Gasteiger partial charge in [0.2, 0.25) is 0 Å². The van der Waals surface area contributed by atoms with E-state index in [0.717, 1.165) is 17.1 Å². The fraction of sp³-hybridized carbons (Fsp3) is 0. The van der Waals surface area contributed by atoms with Crippen molar-refractivity contribution in [2.75, 3.05) is 5.32 Å². The van der Waals surface area contributed by atoms with E-state index in [1.54, 1.807) is 0 Å². The fourth-order valence-electron chi connectivity index (χ4n) is 6.23. The number of para-hydroxylation sites is 2. The topological polar surface area (TPSA) is 17.0 Å². The molecule has 0 aliphatic carbocycles. The quantitative estimate of drug-likeness (QED) is 0.213. The smallest absolute Gasteiger partial charge is 0.0541 e. The van der Waals surface area contributed by atoms with Crippen molar-refractivity contribution in [3.05, 3.63) is 176 Å². The average molecular weight is 563 g/mol. The molecule has 0 bridgehead atoms. The van der Waals surface area contributed by atoms with Gasteiger partial charge >= 0.3 is 0 Å². The summed E-state index contributed by atoms with van der Waals surface area (Å²) in [7, 11) is 0. The third-order valence-electron chi connectivity index (χ3n) is 8.41. The maximum Gasteiger partial charge on any atom is 0.0541 e. The molecule has 1 aromatic heterocycles. The van der Waals surface area contributed by atoms with Crippen LogP contribution in [0.5, 0.6) is 0 Å². The number of hydrogen-bond donors (Lipinski definition) is 1. The largest absolute Gasteiger partial charge is 0.355 e. The second-order valence-electron chi connectivity index (χ2n) is 11.1. The van der Waals surface area contributed by atoms with E-state index in [2.05, 4.69) is 180 Å². The number of rotatable bonds is 6. The van der Waals surface area contributed by atoms with Gasteiger partial charge in [0.25, 0.3) is 0 Å². The molecule has 2 heteroatoms. The Hall–Kier alpha value is -5.86. The van der Waals surface area contributed by atoms with E-state index in [-0.39, 0.29) is 0 Å². The lowest BCUT2D eigenvalue weighted by molar-refractivity contribution is 1.18. The number of nitrogens with one attached hydrogen (secondary N) is 1. The molecule has 0 saturated heterocycles. The molecule has 0 saturated carbocycles. The summed E-state index contributed by atoms with van der Waals surface area (Å²) in [5.41, 5.74) is 12.9. The van der Waals surface area contributed by atoms with Crippen molar-refractivity contribution < 1.29 is 0 Å². The minimum atomic E-state index is 1.06. The van der Waals surface area contributed by atoms with Gasteiger partial charge in [0.1, 0.15) is 0 Å². The molecule has 0 aliphatic rings. The fourth-order valence-corrected chi connectivity index (χ4v) is 6.23. The van der Waals surface area contributed by atoms with Crippen LogP contribution in [-0.2, 0) is 0 Å². The number of anilines is 2. The molecule has 8 rings (SSSR count). The Kier molecular flexibility index (Phi) is 6.51. The van der Waals surface area contributed by atoms with Crippen LogP contribution in [0.15, 0.2) is 176 Å². The van der Waals surface area contributed by atoms with Gasteiger partial charge in [-0.3, -0.25) is 0 Å². The summed E-state index contributed by atoms with van der Waals surface area (Å²) >= 11 is 0. The van der Waals surface area contributed by atoms with E-state index in [9.17, 15) is 0 Å². The van der Waals surface area contributed by atoms with E-state index >= 15 is 0 Å². The first-order valence-corrected chi connectivity index (χ1v) is 15.0. The van der Waals surface area contributed by atoms with Crippen molar-refractivity contribution in [3.63, 3.8) is 0 Å². The maximum absolute atomic E-state index is 3.69. The van der Waals surface area contributed by atoms with E-state index < -0.39 is 0 Å². The Bertz CT molecular complexity index is 2160. The molecule has 0 atom stereocenters. The van der Waals surface area contributed by atoms with Crippen molar-refractivity contribution in [2.45, 2.75) is 0 Å². The van der Waals surface area contributed by atoms with Gasteiger partial charge in [0, 0.05) is 33.4 Å². The molecule has 2 nitrogen and oxygen atoms in total. The monoisotopic (exact) mass is 562 g/mol. The molecule has 0 amide bonds. The molecule has 0 aliphatic heterocycles. The highest BCUT2D eigenvalue weighted by Crippen LogP contribution is 2.36. The summed E-state index contributed by atoms with van der Waals surface area (Å²) in [6, 6.07) is 62.7. The minimum Gasteiger partial charge on any atom is -0.355 e. The Morgan fingerprint density at radius 1 is 0.364 bits per heavy atom. The van der Waals surface area contributed by atoms with Crippen molar-refractivity contribution in [2.24, 2.45) is 0 Å². The van der Waals surface area contributed by atoms with Crippen molar-refractivity contribution in [1.29, 1.82) is 0 Å². The molecule has 44 heavy (non-hydrogen) atoms. The predicted octanol–water partition coefficient (Wildman–Crippen LogP) is 11.5. The zero-order valence-electron chi connectivity index (χ0n) is 24.2. The molecule has 0 fully saturated rings. The maximum atomic E-state index is 3.69. The molecule has 208 valence electrons. The first-order chi connectivity index (χ1) is 21.8. The van der Waals surface area contributed by atoms with Crippen LogP contribution in [0.4, 0.5) is 11.4 Å². The number of fused-ring (bicyclic) bond motifs is 3. The van der Waals surface area contributed by atoms with Crippen LogP contribution in [0, 0.1) is 0 Å². The summed E-state index contributed by atoms with van der Waals surface area (Å²) in [5, 5.41) is 6.24. The number of hydrogen-bond acceptors (Lipinski definition) is 1. The molecule has 0 unspecified atom stereocenters. The third-order valence-corrected chi connectivity index (χ3v) is 8.41. The molecular weight excluding hydrogens is 532 g/mol. The summed E-state index contributed by atoms with van der Waals surface area (Å²) in [6.07, 6.45) is 0. The SMILES string of the molecule is c1ccc(-c2ccc(Nc3ccc(-c4ccc(-n5c6ccccc6c6ccccc65)cc4)cc3-c3ccccc3)cc2)cc1. The van der Waals surface area contributed by atoms with Gasteiger partial charge in [-0.25, -0.2) is 0 Å². The third kappa shape index (κ3) is 4.73. The normalized spacial score (nSPS) is 11.2. The average Bonchev–Trinajstić information content (AvgIpc) is 3.44. The number of benzene rings is 7.